The zero-order valence-corrected chi connectivity index (χ0v) is 6.58. The lowest BCUT2D eigenvalue weighted by molar-refractivity contribution is -0.115. The predicted molar refractivity (Wildman–Crippen MR) is 46.5 cm³/mol. The molecule has 2 bridgehead atoms. The molecule has 0 aliphatic heterocycles. The third-order valence-electron chi connectivity index (χ3n) is 2.82. The first-order chi connectivity index (χ1) is 5.80. The van der Waals surface area contributed by atoms with Gasteiger partial charge in [-0.05, 0) is 11.6 Å². The standard InChI is InChI=1S/C11H8O/c12-10-7-11-4-2-1-3-9(11)5-8(10)6-11/h1-6H,7H2. The summed E-state index contributed by atoms with van der Waals surface area (Å²) in [4.78, 5) is 11.3. The second-order valence-corrected chi connectivity index (χ2v) is 3.56. The van der Waals surface area contributed by atoms with Crippen LogP contribution in [-0.2, 0) is 4.79 Å². The molecule has 0 saturated carbocycles. The quantitative estimate of drug-likeness (QED) is 0.523. The number of rotatable bonds is 0. The lowest BCUT2D eigenvalue weighted by Crippen LogP contribution is -2.19. The molecule has 12 heavy (non-hydrogen) atoms. The van der Waals surface area contributed by atoms with Crippen LogP contribution in [0.5, 0.6) is 0 Å². The Bertz CT molecular complexity index is 393. The monoisotopic (exact) mass is 156 g/mol. The summed E-state index contributed by atoms with van der Waals surface area (Å²) in [6.07, 6.45) is 13.0. The topological polar surface area (TPSA) is 17.1 Å². The second kappa shape index (κ2) is 1.69. The molecule has 0 fully saturated rings. The van der Waals surface area contributed by atoms with Crippen LogP contribution in [-0.4, -0.2) is 5.78 Å². The van der Waals surface area contributed by atoms with E-state index in [1.54, 1.807) is 0 Å². The van der Waals surface area contributed by atoms with Crippen LogP contribution in [0.25, 0.3) is 0 Å². The van der Waals surface area contributed by atoms with E-state index >= 15 is 0 Å². The molecule has 58 valence electrons. The van der Waals surface area contributed by atoms with E-state index in [1.807, 2.05) is 18.2 Å². The number of hydrogen-bond acceptors (Lipinski definition) is 1. The fourth-order valence-electron chi connectivity index (χ4n) is 2.18. The van der Waals surface area contributed by atoms with Gasteiger partial charge in [-0.2, -0.15) is 0 Å². The largest absolute Gasteiger partial charge is 0.294 e. The number of carbonyl (C=O) groups excluding carboxylic acids is 1. The van der Waals surface area contributed by atoms with Gasteiger partial charge in [0.1, 0.15) is 0 Å². The molecule has 1 unspecified atom stereocenters. The van der Waals surface area contributed by atoms with E-state index in [-0.39, 0.29) is 5.41 Å². The fraction of sp³-hybridized carbons (Fsp3) is 0.182. The maximum absolute atomic E-state index is 11.3. The Morgan fingerprint density at radius 3 is 3.08 bits per heavy atom. The van der Waals surface area contributed by atoms with E-state index < -0.39 is 0 Å². The van der Waals surface area contributed by atoms with Crippen LogP contribution in [0.15, 0.2) is 47.6 Å². The molecule has 3 aliphatic rings. The first-order valence-corrected chi connectivity index (χ1v) is 4.14. The van der Waals surface area contributed by atoms with Gasteiger partial charge in [0.15, 0.2) is 5.78 Å². The summed E-state index contributed by atoms with van der Waals surface area (Å²) < 4.78 is 0. The predicted octanol–water partition coefficient (Wildman–Crippen LogP) is 1.94. The van der Waals surface area contributed by atoms with Gasteiger partial charge >= 0.3 is 0 Å². The van der Waals surface area contributed by atoms with Crippen LogP contribution >= 0.6 is 0 Å². The molecule has 3 aliphatic carbocycles. The Kier molecular flexibility index (Phi) is 0.868. The number of hydrogen-bond donors (Lipinski definition) is 0. The molecule has 0 saturated heterocycles. The first kappa shape index (κ1) is 6.18. The molecule has 0 aromatic rings. The van der Waals surface area contributed by atoms with Gasteiger partial charge in [0, 0.05) is 17.4 Å². The fourth-order valence-corrected chi connectivity index (χ4v) is 2.18. The van der Waals surface area contributed by atoms with Crippen molar-refractivity contribution in [2.24, 2.45) is 5.41 Å². The zero-order valence-electron chi connectivity index (χ0n) is 6.58. The minimum Gasteiger partial charge on any atom is -0.294 e. The highest BCUT2D eigenvalue weighted by Crippen LogP contribution is 2.49. The molecule has 0 aromatic heterocycles. The average molecular weight is 156 g/mol. The molecule has 0 N–H and O–H groups in total. The molecule has 1 spiro atoms. The molecule has 1 nitrogen and oxygen atoms in total. The first-order valence-electron chi connectivity index (χ1n) is 4.14. The van der Waals surface area contributed by atoms with Crippen molar-refractivity contribution in [2.75, 3.05) is 0 Å². The second-order valence-electron chi connectivity index (χ2n) is 3.56. The van der Waals surface area contributed by atoms with E-state index in [2.05, 4.69) is 18.2 Å². The van der Waals surface area contributed by atoms with Crippen molar-refractivity contribution >= 4 is 5.78 Å². The van der Waals surface area contributed by atoms with Crippen molar-refractivity contribution in [2.45, 2.75) is 6.42 Å². The van der Waals surface area contributed by atoms with E-state index in [0.29, 0.717) is 12.2 Å². The van der Waals surface area contributed by atoms with Gasteiger partial charge in [-0.1, -0.05) is 30.4 Å². The van der Waals surface area contributed by atoms with Crippen LogP contribution in [0.1, 0.15) is 6.42 Å². The number of allylic oxidation sites excluding steroid dienone is 8. The van der Waals surface area contributed by atoms with Gasteiger partial charge in [-0.3, -0.25) is 4.79 Å². The summed E-state index contributed by atoms with van der Waals surface area (Å²) in [7, 11) is 0. The maximum Gasteiger partial charge on any atom is 0.164 e. The third-order valence-corrected chi connectivity index (χ3v) is 2.82. The summed E-state index contributed by atoms with van der Waals surface area (Å²) in [5.41, 5.74) is 2.14. The number of Topliss-reactive ketones (excluding diaryl/α,β-unsaturated/α-hetero) is 1. The molecular formula is C11H8O. The summed E-state index contributed by atoms with van der Waals surface area (Å²) in [6, 6.07) is 0. The van der Waals surface area contributed by atoms with Crippen molar-refractivity contribution in [3.8, 4) is 0 Å². The summed E-state index contributed by atoms with van der Waals surface area (Å²) >= 11 is 0. The van der Waals surface area contributed by atoms with Gasteiger partial charge in [0.2, 0.25) is 0 Å². The summed E-state index contributed by atoms with van der Waals surface area (Å²) in [6.45, 7) is 0. The molecule has 3 rings (SSSR count). The molecule has 0 amide bonds. The van der Waals surface area contributed by atoms with E-state index in [1.165, 1.54) is 5.57 Å². The number of ketones is 1. The summed E-state index contributed by atoms with van der Waals surface area (Å²) in [5.74, 6) is 0.290. The Labute approximate surface area is 70.8 Å². The average Bonchev–Trinajstić information content (AvgIpc) is 2.55. The minimum absolute atomic E-state index is 0.0405. The van der Waals surface area contributed by atoms with Gasteiger partial charge in [0.05, 0.1) is 0 Å². The van der Waals surface area contributed by atoms with E-state index in [4.69, 9.17) is 0 Å². The SMILES string of the molecule is O=C1CC23C=CC=CC2=CC1=C3. The third kappa shape index (κ3) is 0.536. The Morgan fingerprint density at radius 1 is 1.33 bits per heavy atom. The van der Waals surface area contributed by atoms with Crippen LogP contribution in [0, 0.1) is 5.41 Å². The van der Waals surface area contributed by atoms with E-state index in [9.17, 15) is 4.79 Å². The maximum atomic E-state index is 11.3. The number of carbonyl (C=O) groups is 1. The zero-order chi connectivity index (χ0) is 8.18. The minimum atomic E-state index is -0.0405. The summed E-state index contributed by atoms with van der Waals surface area (Å²) in [5, 5.41) is 0. The Hall–Kier alpha value is -1.37. The highest BCUT2D eigenvalue weighted by molar-refractivity contribution is 6.04. The van der Waals surface area contributed by atoms with Gasteiger partial charge in [-0.25, -0.2) is 0 Å². The van der Waals surface area contributed by atoms with Crippen LogP contribution in [0.2, 0.25) is 0 Å². The van der Waals surface area contributed by atoms with Crippen molar-refractivity contribution in [3.63, 3.8) is 0 Å². The highest BCUT2D eigenvalue weighted by Gasteiger charge is 2.42. The smallest absolute Gasteiger partial charge is 0.164 e. The van der Waals surface area contributed by atoms with Gasteiger partial charge in [-0.15, -0.1) is 0 Å². The molecule has 0 radical (unpaired) electrons. The van der Waals surface area contributed by atoms with Gasteiger partial charge in [0.25, 0.3) is 0 Å². The molecule has 1 heteroatoms. The molecule has 0 heterocycles. The normalized spacial score (nSPS) is 35.2. The lowest BCUT2D eigenvalue weighted by atomic mass is 9.77. The molecule has 1 atom stereocenters. The van der Waals surface area contributed by atoms with Crippen LogP contribution in [0.4, 0.5) is 0 Å². The van der Waals surface area contributed by atoms with Crippen molar-refractivity contribution in [3.05, 3.63) is 47.6 Å². The molecule has 0 aromatic carbocycles. The van der Waals surface area contributed by atoms with E-state index in [0.717, 1.165) is 5.57 Å². The highest BCUT2D eigenvalue weighted by atomic mass is 16.1. The lowest BCUT2D eigenvalue weighted by Gasteiger charge is -2.25. The molecular weight excluding hydrogens is 148 g/mol. The van der Waals surface area contributed by atoms with Crippen molar-refractivity contribution in [1.29, 1.82) is 0 Å². The van der Waals surface area contributed by atoms with Crippen LogP contribution < -0.4 is 0 Å². The Balaban J connectivity index is 2.25. The Morgan fingerprint density at radius 2 is 2.25 bits per heavy atom. The van der Waals surface area contributed by atoms with Crippen LogP contribution in [0.3, 0.4) is 0 Å². The van der Waals surface area contributed by atoms with Crippen molar-refractivity contribution < 1.29 is 4.79 Å². The van der Waals surface area contributed by atoms with Gasteiger partial charge < -0.3 is 0 Å². The van der Waals surface area contributed by atoms with Crippen molar-refractivity contribution in [1.82, 2.24) is 0 Å².